The third-order valence-electron chi connectivity index (χ3n) is 3.55. The van der Waals surface area contributed by atoms with Gasteiger partial charge in [-0.3, -0.25) is 0 Å². The molecular weight excluding hydrogens is 294 g/mol. The van der Waals surface area contributed by atoms with Crippen LogP contribution in [0.4, 0.5) is 0 Å². The highest BCUT2D eigenvalue weighted by Gasteiger charge is 2.11. The zero-order valence-corrected chi connectivity index (χ0v) is 12.9. The first-order valence-electron chi connectivity index (χ1n) is 6.92. The van der Waals surface area contributed by atoms with Gasteiger partial charge in [0.2, 0.25) is 0 Å². The lowest BCUT2D eigenvalue weighted by Crippen LogP contribution is -1.98. The Morgan fingerprint density at radius 3 is 2.32 bits per heavy atom. The van der Waals surface area contributed by atoms with E-state index in [0.29, 0.717) is 0 Å². The van der Waals surface area contributed by atoms with E-state index in [1.54, 1.807) is 30.3 Å². The predicted molar refractivity (Wildman–Crippen MR) is 89.9 cm³/mol. The van der Waals surface area contributed by atoms with E-state index >= 15 is 0 Å². The number of nitrogens with zero attached hydrogens (tertiary/aromatic N) is 1. The van der Waals surface area contributed by atoms with Crippen LogP contribution in [-0.4, -0.2) is 14.6 Å². The van der Waals surface area contributed by atoms with Gasteiger partial charge >= 0.3 is 0 Å². The van der Waals surface area contributed by atoms with Crippen molar-refractivity contribution in [2.45, 2.75) is 11.8 Å². The molecule has 0 aromatic heterocycles. The molecule has 110 valence electrons. The maximum absolute atomic E-state index is 12.3. The van der Waals surface area contributed by atoms with Crippen molar-refractivity contribution < 1.29 is 8.42 Å². The number of fused-ring (bicyclic) bond motifs is 1. The van der Waals surface area contributed by atoms with Crippen molar-refractivity contribution in [2.24, 2.45) is 4.40 Å². The average molecular weight is 309 g/mol. The van der Waals surface area contributed by atoms with Crippen molar-refractivity contribution in [1.82, 2.24) is 0 Å². The van der Waals surface area contributed by atoms with E-state index in [-0.39, 0.29) is 4.90 Å². The van der Waals surface area contributed by atoms with Gasteiger partial charge in [0.15, 0.2) is 0 Å². The summed E-state index contributed by atoms with van der Waals surface area (Å²) in [5.41, 5.74) is 1.82. The Hall–Kier alpha value is -2.46. The molecule has 3 nitrogen and oxygen atoms in total. The normalized spacial score (nSPS) is 12.0. The third-order valence-corrected chi connectivity index (χ3v) is 4.80. The fourth-order valence-electron chi connectivity index (χ4n) is 2.35. The van der Waals surface area contributed by atoms with E-state index in [9.17, 15) is 8.42 Å². The van der Waals surface area contributed by atoms with Gasteiger partial charge in [0, 0.05) is 11.8 Å². The van der Waals surface area contributed by atoms with Crippen molar-refractivity contribution in [2.75, 3.05) is 0 Å². The van der Waals surface area contributed by atoms with Gasteiger partial charge in [-0.1, -0.05) is 54.6 Å². The lowest BCUT2D eigenvalue weighted by Gasteiger charge is -2.06. The van der Waals surface area contributed by atoms with Crippen LogP contribution in [0.3, 0.4) is 0 Å². The molecule has 0 heterocycles. The number of benzene rings is 3. The van der Waals surface area contributed by atoms with E-state index in [1.165, 1.54) is 6.21 Å². The molecule has 0 radical (unpaired) electrons. The van der Waals surface area contributed by atoms with Crippen LogP contribution in [0, 0.1) is 6.92 Å². The first-order chi connectivity index (χ1) is 10.6. The van der Waals surface area contributed by atoms with E-state index in [2.05, 4.69) is 4.40 Å². The van der Waals surface area contributed by atoms with Gasteiger partial charge in [-0.05, 0) is 35.4 Å². The first-order valence-corrected chi connectivity index (χ1v) is 8.36. The average Bonchev–Trinajstić information content (AvgIpc) is 2.55. The number of hydrogen-bond acceptors (Lipinski definition) is 2. The quantitative estimate of drug-likeness (QED) is 0.688. The molecule has 0 atom stereocenters. The van der Waals surface area contributed by atoms with Gasteiger partial charge in [0.25, 0.3) is 10.0 Å². The zero-order valence-electron chi connectivity index (χ0n) is 12.1. The molecule has 0 amide bonds. The second-order valence-electron chi connectivity index (χ2n) is 5.04. The number of rotatable bonds is 3. The van der Waals surface area contributed by atoms with E-state index < -0.39 is 10.0 Å². The largest absolute Gasteiger partial charge is 0.282 e. The Labute approximate surface area is 130 Å². The molecule has 0 unspecified atom stereocenters. The number of hydrogen-bond donors (Lipinski definition) is 0. The minimum absolute atomic E-state index is 0.198. The number of aryl methyl sites for hydroxylation is 1. The Kier molecular flexibility index (Phi) is 3.77. The summed E-state index contributed by atoms with van der Waals surface area (Å²) >= 11 is 0. The molecule has 0 aliphatic rings. The number of sulfonamides is 1. The van der Waals surface area contributed by atoms with Gasteiger partial charge < -0.3 is 0 Å². The van der Waals surface area contributed by atoms with Crippen molar-refractivity contribution in [1.29, 1.82) is 0 Å². The predicted octanol–water partition coefficient (Wildman–Crippen LogP) is 3.96. The molecule has 3 aromatic carbocycles. The van der Waals surface area contributed by atoms with Crippen LogP contribution >= 0.6 is 0 Å². The minimum atomic E-state index is -3.67. The summed E-state index contributed by atoms with van der Waals surface area (Å²) in [6, 6.07) is 20.1. The highest BCUT2D eigenvalue weighted by molar-refractivity contribution is 7.90. The lowest BCUT2D eigenvalue weighted by atomic mass is 10.0. The van der Waals surface area contributed by atoms with Crippen LogP contribution in [0.5, 0.6) is 0 Å². The van der Waals surface area contributed by atoms with E-state index in [0.717, 1.165) is 21.9 Å². The van der Waals surface area contributed by atoms with Crippen LogP contribution in [0.25, 0.3) is 10.8 Å². The molecule has 3 rings (SSSR count). The molecule has 0 fully saturated rings. The molecule has 0 saturated heterocycles. The third kappa shape index (κ3) is 2.78. The standard InChI is InChI=1S/C18H15NO2S/c1-14-11-12-15-7-5-6-10-17(15)18(14)13-19-22(20,21)16-8-3-2-4-9-16/h2-13H,1H3. The second kappa shape index (κ2) is 5.73. The maximum atomic E-state index is 12.3. The zero-order chi connectivity index (χ0) is 15.6. The van der Waals surface area contributed by atoms with Crippen molar-refractivity contribution in [3.63, 3.8) is 0 Å². The molecule has 4 heteroatoms. The minimum Gasteiger partial charge on any atom is -0.199 e. The van der Waals surface area contributed by atoms with Crippen LogP contribution in [0.15, 0.2) is 76.0 Å². The van der Waals surface area contributed by atoms with Gasteiger partial charge in [0.1, 0.15) is 0 Å². The molecule has 0 saturated carbocycles. The van der Waals surface area contributed by atoms with Crippen LogP contribution in [-0.2, 0) is 10.0 Å². The van der Waals surface area contributed by atoms with Crippen LogP contribution in [0.2, 0.25) is 0 Å². The summed E-state index contributed by atoms with van der Waals surface area (Å²) in [6.45, 7) is 1.95. The maximum Gasteiger partial charge on any atom is 0.282 e. The van der Waals surface area contributed by atoms with Crippen molar-refractivity contribution in [3.8, 4) is 0 Å². The fourth-order valence-corrected chi connectivity index (χ4v) is 3.22. The highest BCUT2D eigenvalue weighted by Crippen LogP contribution is 2.21. The first kappa shape index (κ1) is 14.5. The van der Waals surface area contributed by atoms with E-state index in [4.69, 9.17) is 0 Å². The molecule has 0 aliphatic heterocycles. The Bertz CT molecular complexity index is 945. The summed E-state index contributed by atoms with van der Waals surface area (Å²) in [7, 11) is -3.67. The van der Waals surface area contributed by atoms with Gasteiger partial charge in [0.05, 0.1) is 4.90 Å². The van der Waals surface area contributed by atoms with E-state index in [1.807, 2.05) is 43.3 Å². The summed E-state index contributed by atoms with van der Waals surface area (Å²) in [5, 5.41) is 2.06. The van der Waals surface area contributed by atoms with Crippen molar-refractivity contribution in [3.05, 3.63) is 77.9 Å². The van der Waals surface area contributed by atoms with Crippen LogP contribution < -0.4 is 0 Å². The summed E-state index contributed by atoms with van der Waals surface area (Å²) in [6.07, 6.45) is 1.44. The van der Waals surface area contributed by atoms with Gasteiger partial charge in [-0.2, -0.15) is 12.8 Å². The monoisotopic (exact) mass is 309 g/mol. The molecule has 0 N–H and O–H groups in total. The Balaban J connectivity index is 2.09. The highest BCUT2D eigenvalue weighted by atomic mass is 32.2. The summed E-state index contributed by atoms with van der Waals surface area (Å²) < 4.78 is 28.4. The molecule has 0 spiro atoms. The Morgan fingerprint density at radius 2 is 1.55 bits per heavy atom. The topological polar surface area (TPSA) is 46.5 Å². The van der Waals surface area contributed by atoms with Crippen LogP contribution in [0.1, 0.15) is 11.1 Å². The molecule has 3 aromatic rings. The van der Waals surface area contributed by atoms with Crippen molar-refractivity contribution >= 4 is 27.0 Å². The van der Waals surface area contributed by atoms with Gasteiger partial charge in [-0.25, -0.2) is 0 Å². The second-order valence-corrected chi connectivity index (χ2v) is 6.67. The Morgan fingerprint density at radius 1 is 0.864 bits per heavy atom. The molecule has 0 aliphatic carbocycles. The smallest absolute Gasteiger partial charge is 0.199 e. The molecule has 0 bridgehead atoms. The fraction of sp³-hybridized carbons (Fsp3) is 0.0556. The summed E-state index contributed by atoms with van der Waals surface area (Å²) in [5.74, 6) is 0. The molecular formula is C18H15NO2S. The molecule has 22 heavy (non-hydrogen) atoms. The SMILES string of the molecule is Cc1ccc2ccccc2c1C=NS(=O)(=O)c1ccccc1. The lowest BCUT2D eigenvalue weighted by molar-refractivity contribution is 0.598. The van der Waals surface area contributed by atoms with Gasteiger partial charge in [-0.15, -0.1) is 0 Å². The summed E-state index contributed by atoms with van der Waals surface area (Å²) in [4.78, 5) is 0.198.